The molecule has 0 spiro atoms. The summed E-state index contributed by atoms with van der Waals surface area (Å²) in [6.45, 7) is 12.6. The third-order valence-corrected chi connectivity index (χ3v) is 5.82. The van der Waals surface area contributed by atoms with Crippen LogP contribution < -0.4 is 10.2 Å². The molecule has 3 amide bonds. The summed E-state index contributed by atoms with van der Waals surface area (Å²) in [5.41, 5.74) is 1.35. The van der Waals surface area contributed by atoms with Gasteiger partial charge in [0.05, 0.1) is 18.2 Å². The minimum Gasteiger partial charge on any atom is -0.444 e. The number of morpholine rings is 1. The number of likely N-dealkylation sites (N-methyl/N-ethyl adjacent to an activating group) is 1. The molecule has 0 aromatic heterocycles. The second kappa shape index (κ2) is 9.98. The molecule has 8 nitrogen and oxygen atoms in total. The zero-order chi connectivity index (χ0) is 23.5. The largest absolute Gasteiger partial charge is 0.444 e. The molecule has 2 aliphatic heterocycles. The Labute approximate surface area is 191 Å². The Kier molecular flexibility index (Phi) is 7.54. The summed E-state index contributed by atoms with van der Waals surface area (Å²) < 4.78 is 11.3. The topological polar surface area (TPSA) is 74.4 Å². The van der Waals surface area contributed by atoms with Crippen molar-refractivity contribution in [2.45, 2.75) is 71.3 Å². The van der Waals surface area contributed by atoms with E-state index < -0.39 is 5.60 Å². The number of likely N-dealkylation sites (tertiary alicyclic amines) is 1. The van der Waals surface area contributed by atoms with E-state index in [0.717, 1.165) is 37.3 Å². The van der Waals surface area contributed by atoms with Crippen LogP contribution in [0.25, 0.3) is 0 Å². The second-order valence-corrected chi connectivity index (χ2v) is 9.97. The van der Waals surface area contributed by atoms with Gasteiger partial charge >= 0.3 is 12.1 Å². The quantitative estimate of drug-likeness (QED) is 0.755. The molecule has 0 unspecified atom stereocenters. The maximum atomic E-state index is 12.9. The highest BCUT2D eigenvalue weighted by Crippen LogP contribution is 2.23. The first-order valence-corrected chi connectivity index (χ1v) is 11.5. The fourth-order valence-corrected chi connectivity index (χ4v) is 4.29. The lowest BCUT2D eigenvalue weighted by Crippen LogP contribution is -2.52. The highest BCUT2D eigenvalue weighted by atomic mass is 16.6. The van der Waals surface area contributed by atoms with Crippen molar-refractivity contribution in [1.82, 2.24) is 9.80 Å². The summed E-state index contributed by atoms with van der Waals surface area (Å²) in [6, 6.07) is 7.75. The van der Waals surface area contributed by atoms with Crippen LogP contribution in [0.1, 0.15) is 47.5 Å². The molecule has 0 saturated carbocycles. The maximum Gasteiger partial charge on any atom is 0.410 e. The number of piperidine rings is 1. The van der Waals surface area contributed by atoms with Gasteiger partial charge in [0.25, 0.3) is 0 Å². The van der Waals surface area contributed by atoms with Crippen molar-refractivity contribution in [2.75, 3.05) is 43.4 Å². The lowest BCUT2D eigenvalue weighted by Gasteiger charge is -2.38. The Morgan fingerprint density at radius 2 is 1.72 bits per heavy atom. The number of carbonyl (C=O) groups is 2. The molecule has 2 heterocycles. The number of nitrogens with one attached hydrogen (secondary N) is 1. The second-order valence-electron chi connectivity index (χ2n) is 9.97. The molecule has 32 heavy (non-hydrogen) atoms. The third-order valence-electron chi connectivity index (χ3n) is 5.82. The number of anilines is 2. The maximum absolute atomic E-state index is 12.9. The Morgan fingerprint density at radius 1 is 1.09 bits per heavy atom. The predicted octanol–water partition coefficient (Wildman–Crippen LogP) is 4.16. The lowest BCUT2D eigenvalue weighted by molar-refractivity contribution is -0.00522. The average molecular weight is 447 g/mol. The summed E-state index contributed by atoms with van der Waals surface area (Å²) in [4.78, 5) is 31.0. The number of hydrogen-bond acceptors (Lipinski definition) is 5. The average Bonchev–Trinajstić information content (AvgIpc) is 2.72. The van der Waals surface area contributed by atoms with Gasteiger partial charge in [-0.1, -0.05) is 0 Å². The lowest BCUT2D eigenvalue weighted by atomic mass is 10.1. The van der Waals surface area contributed by atoms with E-state index in [-0.39, 0.29) is 30.4 Å². The Hall–Kier alpha value is -2.48. The van der Waals surface area contributed by atoms with Crippen molar-refractivity contribution in [3.05, 3.63) is 24.3 Å². The molecule has 2 aliphatic rings. The zero-order valence-electron chi connectivity index (χ0n) is 20.3. The first-order valence-electron chi connectivity index (χ1n) is 11.5. The fraction of sp³-hybridized carbons (Fsp3) is 0.667. The minimum absolute atomic E-state index is 0.0583. The van der Waals surface area contributed by atoms with Crippen LogP contribution in [-0.2, 0) is 9.47 Å². The summed E-state index contributed by atoms with van der Waals surface area (Å²) in [5.74, 6) is 0. The van der Waals surface area contributed by atoms with E-state index in [1.165, 1.54) is 0 Å². The van der Waals surface area contributed by atoms with Gasteiger partial charge in [0.1, 0.15) is 5.60 Å². The van der Waals surface area contributed by atoms with Crippen LogP contribution in [0.2, 0.25) is 0 Å². The highest BCUT2D eigenvalue weighted by molar-refractivity contribution is 5.89. The molecule has 2 fully saturated rings. The number of nitrogens with zero attached hydrogens (tertiary/aromatic N) is 3. The van der Waals surface area contributed by atoms with Gasteiger partial charge in [-0.25, -0.2) is 9.59 Å². The summed E-state index contributed by atoms with van der Waals surface area (Å²) in [5, 5.41) is 3.00. The number of ether oxygens (including phenoxy) is 2. The van der Waals surface area contributed by atoms with Crippen molar-refractivity contribution < 1.29 is 19.1 Å². The van der Waals surface area contributed by atoms with E-state index >= 15 is 0 Å². The molecule has 2 saturated heterocycles. The van der Waals surface area contributed by atoms with Crippen molar-refractivity contribution >= 4 is 23.5 Å². The normalized spacial score (nSPS) is 24.1. The van der Waals surface area contributed by atoms with Gasteiger partial charge in [-0.15, -0.1) is 0 Å². The smallest absolute Gasteiger partial charge is 0.410 e. The first-order chi connectivity index (χ1) is 15.0. The van der Waals surface area contributed by atoms with E-state index in [2.05, 4.69) is 24.1 Å². The third kappa shape index (κ3) is 6.51. The van der Waals surface area contributed by atoms with E-state index in [1.807, 2.05) is 45.0 Å². The monoisotopic (exact) mass is 446 g/mol. The molecule has 178 valence electrons. The van der Waals surface area contributed by atoms with E-state index in [4.69, 9.17) is 9.47 Å². The Bertz CT molecular complexity index is 782. The first kappa shape index (κ1) is 24.2. The van der Waals surface area contributed by atoms with Gasteiger partial charge < -0.3 is 29.5 Å². The summed E-state index contributed by atoms with van der Waals surface area (Å²) >= 11 is 0. The molecule has 3 rings (SSSR count). The van der Waals surface area contributed by atoms with Gasteiger partial charge in [0.15, 0.2) is 0 Å². The summed E-state index contributed by atoms with van der Waals surface area (Å²) in [7, 11) is 1.74. The van der Waals surface area contributed by atoms with E-state index in [1.54, 1.807) is 16.8 Å². The van der Waals surface area contributed by atoms with Crippen molar-refractivity contribution in [1.29, 1.82) is 0 Å². The number of rotatable bonds is 3. The molecule has 0 aliphatic carbocycles. The van der Waals surface area contributed by atoms with Gasteiger partial charge in [-0.3, -0.25) is 0 Å². The van der Waals surface area contributed by atoms with Crippen LogP contribution in [0.3, 0.4) is 0 Å². The van der Waals surface area contributed by atoms with Gasteiger partial charge in [-0.05, 0) is 71.7 Å². The number of benzene rings is 1. The summed E-state index contributed by atoms with van der Waals surface area (Å²) in [6.07, 6.45) is 1.74. The molecule has 1 aromatic carbocycles. The van der Waals surface area contributed by atoms with E-state index in [0.29, 0.717) is 13.1 Å². The van der Waals surface area contributed by atoms with Crippen molar-refractivity contribution in [2.24, 2.45) is 0 Å². The number of amides is 3. The van der Waals surface area contributed by atoms with E-state index in [9.17, 15) is 9.59 Å². The fourth-order valence-electron chi connectivity index (χ4n) is 4.29. The number of carbonyl (C=O) groups excluding carboxylic acids is 2. The molecule has 1 N–H and O–H groups in total. The van der Waals surface area contributed by atoms with Crippen LogP contribution in [0.15, 0.2) is 24.3 Å². The van der Waals surface area contributed by atoms with Crippen LogP contribution in [0.5, 0.6) is 0 Å². The van der Waals surface area contributed by atoms with Crippen molar-refractivity contribution in [3.63, 3.8) is 0 Å². The van der Waals surface area contributed by atoms with Gasteiger partial charge in [0, 0.05) is 44.6 Å². The van der Waals surface area contributed by atoms with Crippen LogP contribution in [0.4, 0.5) is 21.0 Å². The molecular weight excluding hydrogens is 408 g/mol. The van der Waals surface area contributed by atoms with Gasteiger partial charge in [-0.2, -0.15) is 0 Å². The molecule has 8 heteroatoms. The predicted molar refractivity (Wildman–Crippen MR) is 126 cm³/mol. The highest BCUT2D eigenvalue weighted by Gasteiger charge is 2.31. The van der Waals surface area contributed by atoms with Crippen LogP contribution in [-0.4, -0.2) is 79.0 Å². The Balaban J connectivity index is 1.55. The zero-order valence-corrected chi connectivity index (χ0v) is 20.3. The standard InChI is InChI=1S/C24H38N4O4/c1-17-14-28(15-18(2)31-17)20-11-9-19(10-12-20)25-22(29)27-13-7-8-21(16-27)26(6)23(30)32-24(3,4)5/h9-12,17-18,21H,7-8,13-16H2,1-6H3,(H,25,29)/t17-,18-,21-/m1/s1. The molecular formula is C24H38N4O4. The SMILES string of the molecule is C[C@@H]1CN(c2ccc(NC(=O)N3CCC[C@@H](N(C)C(=O)OC(C)(C)C)C3)cc2)C[C@@H](C)O1. The number of hydrogen-bond donors (Lipinski definition) is 1. The van der Waals surface area contributed by atoms with Crippen LogP contribution >= 0.6 is 0 Å². The molecule has 3 atom stereocenters. The molecule has 1 aromatic rings. The van der Waals surface area contributed by atoms with Crippen LogP contribution in [0, 0.1) is 0 Å². The molecule has 0 radical (unpaired) electrons. The molecule has 0 bridgehead atoms. The van der Waals surface area contributed by atoms with Gasteiger partial charge in [0.2, 0.25) is 0 Å². The van der Waals surface area contributed by atoms with Crippen molar-refractivity contribution in [3.8, 4) is 0 Å². The minimum atomic E-state index is -0.541. The Morgan fingerprint density at radius 3 is 2.31 bits per heavy atom. The number of urea groups is 1.